The third kappa shape index (κ3) is 4.12. The number of nitrogens with zero attached hydrogens (tertiary/aromatic N) is 1. The van der Waals surface area contributed by atoms with Crippen molar-refractivity contribution in [1.29, 1.82) is 0 Å². The van der Waals surface area contributed by atoms with Gasteiger partial charge in [-0.1, -0.05) is 66.7 Å². The molecule has 4 nitrogen and oxygen atoms in total. The molecule has 0 spiro atoms. The van der Waals surface area contributed by atoms with Gasteiger partial charge in [-0.2, -0.15) is 0 Å². The number of aromatic hydroxyl groups is 1. The van der Waals surface area contributed by atoms with Gasteiger partial charge in [0.2, 0.25) is 0 Å². The van der Waals surface area contributed by atoms with Crippen LogP contribution in [-0.4, -0.2) is 15.9 Å². The molecule has 5 heteroatoms. The highest BCUT2D eigenvalue weighted by molar-refractivity contribution is 9.10. The fraction of sp³-hybridized carbons (Fsp3) is 0.107. The number of carbonyl (C=O) groups is 1. The molecule has 0 radical (unpaired) electrons. The Hall–Kier alpha value is -3.57. The number of hydrogen-bond acceptors (Lipinski definition) is 3. The SMILES string of the molecule is Cc1oc2ccccc2c1C(=O)N(Cc1ccccc1)Cc1ccc2c(Br)c(O)ccc2c1. The van der Waals surface area contributed by atoms with E-state index in [9.17, 15) is 9.90 Å². The molecule has 4 aromatic carbocycles. The van der Waals surface area contributed by atoms with Gasteiger partial charge in [-0.05, 0) is 63.0 Å². The molecule has 0 aliphatic heterocycles. The van der Waals surface area contributed by atoms with Gasteiger partial charge in [0.25, 0.3) is 5.91 Å². The predicted molar refractivity (Wildman–Crippen MR) is 134 cm³/mol. The van der Waals surface area contributed by atoms with E-state index in [4.69, 9.17) is 4.42 Å². The van der Waals surface area contributed by atoms with Crippen LogP contribution < -0.4 is 0 Å². The molecule has 0 unspecified atom stereocenters. The van der Waals surface area contributed by atoms with Crippen LogP contribution >= 0.6 is 15.9 Å². The van der Waals surface area contributed by atoms with Crippen LogP contribution in [0.3, 0.4) is 0 Å². The molecule has 0 atom stereocenters. The van der Waals surface area contributed by atoms with Gasteiger partial charge in [0, 0.05) is 18.5 Å². The number of rotatable bonds is 5. The van der Waals surface area contributed by atoms with E-state index in [1.54, 1.807) is 6.07 Å². The Morgan fingerprint density at radius 1 is 0.879 bits per heavy atom. The zero-order valence-electron chi connectivity index (χ0n) is 18.1. The van der Waals surface area contributed by atoms with Crippen LogP contribution in [0.1, 0.15) is 27.2 Å². The summed E-state index contributed by atoms with van der Waals surface area (Å²) in [4.78, 5) is 15.7. The molecule has 5 rings (SSSR count). The Morgan fingerprint density at radius 2 is 1.61 bits per heavy atom. The summed E-state index contributed by atoms with van der Waals surface area (Å²) in [5.41, 5.74) is 3.39. The molecule has 0 saturated heterocycles. The van der Waals surface area contributed by atoms with Crippen LogP contribution in [0.15, 0.2) is 93.8 Å². The number of furan rings is 1. The maximum atomic E-state index is 13.8. The lowest BCUT2D eigenvalue weighted by Crippen LogP contribution is -2.30. The standard InChI is InChI=1S/C28H22BrNO3/c1-18-26(23-9-5-6-10-25(23)33-18)28(32)30(16-19-7-3-2-4-8-19)17-20-11-13-22-21(15-20)12-14-24(31)27(22)29/h2-15,31H,16-17H2,1H3. The molecule has 0 fully saturated rings. The van der Waals surface area contributed by atoms with E-state index in [-0.39, 0.29) is 11.7 Å². The maximum Gasteiger partial charge on any atom is 0.258 e. The molecule has 1 heterocycles. The van der Waals surface area contributed by atoms with Crippen molar-refractivity contribution in [3.63, 3.8) is 0 Å². The highest BCUT2D eigenvalue weighted by Gasteiger charge is 2.24. The van der Waals surface area contributed by atoms with Crippen molar-refractivity contribution >= 4 is 43.6 Å². The van der Waals surface area contributed by atoms with Crippen LogP contribution in [0.25, 0.3) is 21.7 Å². The Balaban J connectivity index is 1.54. The number of aryl methyl sites for hydroxylation is 1. The van der Waals surface area contributed by atoms with Crippen LogP contribution in [-0.2, 0) is 13.1 Å². The van der Waals surface area contributed by atoms with Crippen molar-refractivity contribution in [3.8, 4) is 5.75 Å². The first kappa shape index (κ1) is 21.3. The molecule has 1 N–H and O–H groups in total. The first-order valence-electron chi connectivity index (χ1n) is 10.7. The molecular weight excluding hydrogens is 478 g/mol. The number of phenolic OH excluding ortho intramolecular Hbond substituents is 1. The topological polar surface area (TPSA) is 53.7 Å². The molecule has 33 heavy (non-hydrogen) atoms. The van der Waals surface area contributed by atoms with Crippen molar-refractivity contribution in [2.75, 3.05) is 0 Å². The van der Waals surface area contributed by atoms with Crippen LogP contribution in [0.5, 0.6) is 5.75 Å². The van der Waals surface area contributed by atoms with Gasteiger partial charge in [0.05, 0.1) is 10.0 Å². The number of amides is 1. The summed E-state index contributed by atoms with van der Waals surface area (Å²) >= 11 is 3.46. The second-order valence-corrected chi connectivity index (χ2v) is 8.92. The van der Waals surface area contributed by atoms with E-state index in [2.05, 4.69) is 22.0 Å². The molecular formula is C28H22BrNO3. The average molecular weight is 500 g/mol. The number of phenols is 1. The number of benzene rings is 4. The molecule has 0 aliphatic carbocycles. The molecule has 164 valence electrons. The van der Waals surface area contributed by atoms with Crippen molar-refractivity contribution in [2.45, 2.75) is 20.0 Å². The molecule has 5 aromatic rings. The van der Waals surface area contributed by atoms with Crippen LogP contribution in [0.4, 0.5) is 0 Å². The smallest absolute Gasteiger partial charge is 0.258 e. The first-order valence-corrected chi connectivity index (χ1v) is 11.5. The minimum absolute atomic E-state index is 0.0618. The zero-order valence-corrected chi connectivity index (χ0v) is 19.7. The Labute approximate surface area is 200 Å². The quantitative estimate of drug-likeness (QED) is 0.278. The lowest BCUT2D eigenvalue weighted by molar-refractivity contribution is 0.0730. The van der Waals surface area contributed by atoms with Gasteiger partial charge < -0.3 is 14.4 Å². The minimum atomic E-state index is -0.0618. The summed E-state index contributed by atoms with van der Waals surface area (Å²) in [5.74, 6) is 0.768. The average Bonchev–Trinajstić information content (AvgIpc) is 3.17. The van der Waals surface area contributed by atoms with Gasteiger partial charge in [-0.3, -0.25) is 4.79 Å². The van der Waals surface area contributed by atoms with Crippen LogP contribution in [0, 0.1) is 6.92 Å². The summed E-state index contributed by atoms with van der Waals surface area (Å²) in [6.07, 6.45) is 0. The van der Waals surface area contributed by atoms with Gasteiger partial charge >= 0.3 is 0 Å². The number of hydrogen-bond donors (Lipinski definition) is 1. The van der Waals surface area contributed by atoms with E-state index >= 15 is 0 Å². The maximum absolute atomic E-state index is 13.8. The van der Waals surface area contributed by atoms with Crippen molar-refractivity contribution in [1.82, 2.24) is 4.90 Å². The Bertz CT molecular complexity index is 1470. The molecule has 0 aliphatic rings. The van der Waals surface area contributed by atoms with E-state index in [0.717, 1.165) is 27.3 Å². The predicted octanol–water partition coefficient (Wildman–Crippen LogP) is 7.21. The second kappa shape index (κ2) is 8.75. The lowest BCUT2D eigenvalue weighted by Gasteiger charge is -2.23. The van der Waals surface area contributed by atoms with E-state index in [0.29, 0.717) is 34.5 Å². The van der Waals surface area contributed by atoms with E-state index < -0.39 is 0 Å². The summed E-state index contributed by atoms with van der Waals surface area (Å²) in [7, 11) is 0. The zero-order chi connectivity index (χ0) is 22.9. The Kier molecular flexibility index (Phi) is 5.65. The largest absolute Gasteiger partial charge is 0.507 e. The summed E-state index contributed by atoms with van der Waals surface area (Å²) in [6, 6.07) is 27.2. The van der Waals surface area contributed by atoms with Crippen molar-refractivity contribution in [3.05, 3.63) is 112 Å². The number of fused-ring (bicyclic) bond motifs is 2. The van der Waals surface area contributed by atoms with Crippen molar-refractivity contribution in [2.24, 2.45) is 0 Å². The summed E-state index contributed by atoms with van der Waals surface area (Å²) in [5, 5.41) is 12.7. The lowest BCUT2D eigenvalue weighted by atomic mass is 10.0. The number of carbonyl (C=O) groups excluding carboxylic acids is 1. The summed E-state index contributed by atoms with van der Waals surface area (Å²) < 4.78 is 6.55. The highest BCUT2D eigenvalue weighted by Crippen LogP contribution is 2.33. The minimum Gasteiger partial charge on any atom is -0.507 e. The molecule has 1 amide bonds. The van der Waals surface area contributed by atoms with Gasteiger partial charge in [0.15, 0.2) is 0 Å². The monoisotopic (exact) mass is 499 g/mol. The molecule has 0 saturated carbocycles. The normalized spacial score (nSPS) is 11.2. The fourth-order valence-electron chi connectivity index (χ4n) is 4.24. The Morgan fingerprint density at radius 3 is 2.42 bits per heavy atom. The number of halogens is 1. The molecule has 1 aromatic heterocycles. The third-order valence-electron chi connectivity index (χ3n) is 5.86. The summed E-state index contributed by atoms with van der Waals surface area (Å²) in [6.45, 7) is 2.77. The second-order valence-electron chi connectivity index (χ2n) is 8.13. The third-order valence-corrected chi connectivity index (χ3v) is 6.69. The van der Waals surface area contributed by atoms with Crippen LogP contribution in [0.2, 0.25) is 0 Å². The van der Waals surface area contributed by atoms with Gasteiger partial charge in [-0.25, -0.2) is 0 Å². The fourth-order valence-corrected chi connectivity index (χ4v) is 4.74. The van der Waals surface area contributed by atoms with E-state index in [1.807, 2.05) is 84.6 Å². The number of para-hydroxylation sites is 1. The highest BCUT2D eigenvalue weighted by atomic mass is 79.9. The van der Waals surface area contributed by atoms with E-state index in [1.165, 1.54) is 0 Å². The van der Waals surface area contributed by atoms with Gasteiger partial charge in [-0.15, -0.1) is 0 Å². The molecule has 0 bridgehead atoms. The van der Waals surface area contributed by atoms with Crippen molar-refractivity contribution < 1.29 is 14.3 Å². The first-order chi connectivity index (χ1) is 16.0. The van der Waals surface area contributed by atoms with Gasteiger partial charge in [0.1, 0.15) is 17.1 Å².